The molecular formula is C15H30N4S. The highest BCUT2D eigenvalue weighted by atomic mass is 32.2. The SMILES string of the molecule is CCNC(=NCC1(N2CCSCC2)CCCC1)NCC. The van der Waals surface area contributed by atoms with E-state index in [4.69, 9.17) is 4.99 Å². The predicted molar refractivity (Wildman–Crippen MR) is 89.8 cm³/mol. The monoisotopic (exact) mass is 298 g/mol. The Morgan fingerprint density at radius 2 is 1.70 bits per heavy atom. The largest absolute Gasteiger partial charge is 0.357 e. The summed E-state index contributed by atoms with van der Waals surface area (Å²) in [5.41, 5.74) is 0.344. The smallest absolute Gasteiger partial charge is 0.191 e. The zero-order chi connectivity index (χ0) is 14.3. The van der Waals surface area contributed by atoms with Gasteiger partial charge < -0.3 is 10.6 Å². The van der Waals surface area contributed by atoms with Crippen molar-refractivity contribution in [1.82, 2.24) is 15.5 Å². The molecule has 2 N–H and O–H groups in total. The van der Waals surface area contributed by atoms with E-state index in [1.165, 1.54) is 50.3 Å². The molecule has 2 rings (SSSR count). The van der Waals surface area contributed by atoms with Gasteiger partial charge in [-0.05, 0) is 26.7 Å². The lowest BCUT2D eigenvalue weighted by Gasteiger charge is -2.42. The number of guanidine groups is 1. The standard InChI is InChI=1S/C15H30N4S/c1-3-16-14(17-4-2)18-13-15(7-5-6-8-15)19-9-11-20-12-10-19/h3-13H2,1-2H3,(H2,16,17,18). The maximum atomic E-state index is 4.88. The number of hydrogen-bond donors (Lipinski definition) is 2. The van der Waals surface area contributed by atoms with Gasteiger partial charge >= 0.3 is 0 Å². The van der Waals surface area contributed by atoms with Crippen LogP contribution in [-0.2, 0) is 0 Å². The molecule has 116 valence electrons. The van der Waals surface area contributed by atoms with Crippen LogP contribution < -0.4 is 10.6 Å². The molecular weight excluding hydrogens is 268 g/mol. The van der Waals surface area contributed by atoms with Crippen LogP contribution in [0.25, 0.3) is 0 Å². The first kappa shape index (κ1) is 16.0. The van der Waals surface area contributed by atoms with Crippen molar-refractivity contribution >= 4 is 17.7 Å². The molecule has 0 atom stereocenters. The Hall–Kier alpha value is -0.420. The molecule has 0 aromatic rings. The number of aliphatic imine (C=N–C) groups is 1. The van der Waals surface area contributed by atoms with Crippen molar-refractivity contribution in [3.05, 3.63) is 0 Å². The summed E-state index contributed by atoms with van der Waals surface area (Å²) in [5.74, 6) is 3.56. The van der Waals surface area contributed by atoms with E-state index in [-0.39, 0.29) is 0 Å². The zero-order valence-electron chi connectivity index (χ0n) is 13.1. The number of nitrogens with one attached hydrogen (secondary N) is 2. The summed E-state index contributed by atoms with van der Waals surface area (Å²) >= 11 is 2.09. The van der Waals surface area contributed by atoms with Gasteiger partial charge in [-0.2, -0.15) is 11.8 Å². The Kier molecular flexibility index (Phi) is 6.49. The highest BCUT2D eigenvalue weighted by Crippen LogP contribution is 2.36. The van der Waals surface area contributed by atoms with Crippen LogP contribution in [0.3, 0.4) is 0 Å². The van der Waals surface area contributed by atoms with E-state index in [1.807, 2.05) is 0 Å². The van der Waals surface area contributed by atoms with Gasteiger partial charge in [-0.1, -0.05) is 12.8 Å². The molecule has 0 aromatic carbocycles. The number of nitrogens with zero attached hydrogens (tertiary/aromatic N) is 2. The fourth-order valence-electron chi connectivity index (χ4n) is 3.38. The minimum Gasteiger partial charge on any atom is -0.357 e. The summed E-state index contributed by atoms with van der Waals surface area (Å²) in [6.45, 7) is 9.56. The van der Waals surface area contributed by atoms with Gasteiger partial charge in [0.15, 0.2) is 5.96 Å². The van der Waals surface area contributed by atoms with Crippen LogP contribution in [-0.4, -0.2) is 60.6 Å². The van der Waals surface area contributed by atoms with Crippen LogP contribution in [0, 0.1) is 0 Å². The molecule has 1 saturated heterocycles. The van der Waals surface area contributed by atoms with E-state index < -0.39 is 0 Å². The number of rotatable bonds is 5. The van der Waals surface area contributed by atoms with Crippen molar-refractivity contribution in [2.24, 2.45) is 4.99 Å². The summed E-state index contributed by atoms with van der Waals surface area (Å²) < 4.78 is 0. The third-order valence-electron chi connectivity index (χ3n) is 4.44. The maximum absolute atomic E-state index is 4.88. The van der Waals surface area contributed by atoms with Crippen LogP contribution in [0.5, 0.6) is 0 Å². The quantitative estimate of drug-likeness (QED) is 0.601. The molecule has 0 radical (unpaired) electrons. The molecule has 2 fully saturated rings. The van der Waals surface area contributed by atoms with Crippen LogP contribution >= 0.6 is 11.8 Å². The van der Waals surface area contributed by atoms with Crippen molar-refractivity contribution in [2.45, 2.75) is 45.1 Å². The highest BCUT2D eigenvalue weighted by Gasteiger charge is 2.39. The Bertz CT molecular complexity index is 299. The van der Waals surface area contributed by atoms with Gasteiger partial charge in [0.05, 0.1) is 6.54 Å². The summed E-state index contributed by atoms with van der Waals surface area (Å²) in [6.07, 6.45) is 5.40. The fraction of sp³-hybridized carbons (Fsp3) is 0.933. The normalized spacial score (nSPS) is 22.5. The van der Waals surface area contributed by atoms with Gasteiger partial charge in [0.2, 0.25) is 0 Å². The second-order valence-corrected chi connectivity index (χ2v) is 6.98. The van der Waals surface area contributed by atoms with Gasteiger partial charge in [-0.3, -0.25) is 9.89 Å². The fourth-order valence-corrected chi connectivity index (χ4v) is 4.28. The van der Waals surface area contributed by atoms with E-state index >= 15 is 0 Å². The lowest BCUT2D eigenvalue weighted by Crippen LogP contribution is -2.53. The summed E-state index contributed by atoms with van der Waals surface area (Å²) in [7, 11) is 0. The molecule has 0 spiro atoms. The average Bonchev–Trinajstić information content (AvgIpc) is 2.96. The van der Waals surface area contributed by atoms with E-state index in [1.54, 1.807) is 0 Å². The molecule has 20 heavy (non-hydrogen) atoms. The van der Waals surface area contributed by atoms with Crippen LogP contribution in [0.4, 0.5) is 0 Å². The van der Waals surface area contributed by atoms with Crippen molar-refractivity contribution in [2.75, 3.05) is 44.2 Å². The Morgan fingerprint density at radius 1 is 1.10 bits per heavy atom. The zero-order valence-corrected chi connectivity index (χ0v) is 13.9. The molecule has 0 bridgehead atoms. The predicted octanol–water partition coefficient (Wildman–Crippen LogP) is 1.92. The van der Waals surface area contributed by atoms with E-state index in [0.29, 0.717) is 5.54 Å². The van der Waals surface area contributed by atoms with Crippen molar-refractivity contribution in [3.8, 4) is 0 Å². The molecule has 2 aliphatic rings. The van der Waals surface area contributed by atoms with Crippen LogP contribution in [0.1, 0.15) is 39.5 Å². The lowest BCUT2D eigenvalue weighted by molar-refractivity contribution is 0.112. The Balaban J connectivity index is 2.02. The second-order valence-electron chi connectivity index (χ2n) is 5.76. The van der Waals surface area contributed by atoms with Gasteiger partial charge in [0.25, 0.3) is 0 Å². The maximum Gasteiger partial charge on any atom is 0.191 e. The molecule has 1 heterocycles. The van der Waals surface area contributed by atoms with Gasteiger partial charge in [-0.15, -0.1) is 0 Å². The molecule has 4 nitrogen and oxygen atoms in total. The third kappa shape index (κ3) is 4.04. The molecule has 1 aliphatic carbocycles. The van der Waals surface area contributed by atoms with Crippen molar-refractivity contribution < 1.29 is 0 Å². The molecule has 0 amide bonds. The molecule has 5 heteroatoms. The third-order valence-corrected chi connectivity index (χ3v) is 5.38. The Morgan fingerprint density at radius 3 is 2.25 bits per heavy atom. The van der Waals surface area contributed by atoms with E-state index in [9.17, 15) is 0 Å². The number of thioether (sulfide) groups is 1. The minimum atomic E-state index is 0.344. The van der Waals surface area contributed by atoms with Crippen molar-refractivity contribution in [1.29, 1.82) is 0 Å². The summed E-state index contributed by atoms with van der Waals surface area (Å²) in [4.78, 5) is 7.61. The topological polar surface area (TPSA) is 39.7 Å². The Labute approximate surface area is 128 Å². The second kappa shape index (κ2) is 8.13. The van der Waals surface area contributed by atoms with Crippen molar-refractivity contribution in [3.63, 3.8) is 0 Å². The van der Waals surface area contributed by atoms with E-state index in [2.05, 4.69) is 41.1 Å². The van der Waals surface area contributed by atoms with Crippen LogP contribution in [0.15, 0.2) is 4.99 Å². The molecule has 1 saturated carbocycles. The summed E-state index contributed by atoms with van der Waals surface area (Å²) in [6, 6.07) is 0. The minimum absolute atomic E-state index is 0.344. The average molecular weight is 298 g/mol. The van der Waals surface area contributed by atoms with Gasteiger partial charge in [0, 0.05) is 43.2 Å². The molecule has 0 unspecified atom stereocenters. The summed E-state index contributed by atoms with van der Waals surface area (Å²) in [5, 5.41) is 6.69. The highest BCUT2D eigenvalue weighted by molar-refractivity contribution is 7.99. The first-order valence-electron chi connectivity index (χ1n) is 8.16. The van der Waals surface area contributed by atoms with Crippen LogP contribution in [0.2, 0.25) is 0 Å². The van der Waals surface area contributed by atoms with Gasteiger partial charge in [0.1, 0.15) is 0 Å². The number of hydrogen-bond acceptors (Lipinski definition) is 3. The van der Waals surface area contributed by atoms with E-state index in [0.717, 1.165) is 25.6 Å². The lowest BCUT2D eigenvalue weighted by atomic mass is 9.95. The first-order valence-corrected chi connectivity index (χ1v) is 9.31. The van der Waals surface area contributed by atoms with Gasteiger partial charge in [-0.25, -0.2) is 0 Å². The molecule has 1 aliphatic heterocycles. The molecule has 0 aromatic heterocycles. The first-order chi connectivity index (χ1) is 9.80.